The van der Waals surface area contributed by atoms with Crippen LogP contribution in [0.5, 0.6) is 11.5 Å². The standard InChI is InChI=1S/C21H26N2O7S/c1-14-6-8-16(31(26,27)23(2)3)12-17(14)22-20(24)13-30-21(25)11-15-7-9-18(28-4)19(10-15)29-5/h6-10,12H,11,13H2,1-5H3,(H,22,24). The lowest BCUT2D eigenvalue weighted by molar-refractivity contribution is -0.146. The molecule has 0 unspecified atom stereocenters. The van der Waals surface area contributed by atoms with Gasteiger partial charge >= 0.3 is 5.97 Å². The van der Waals surface area contributed by atoms with Gasteiger partial charge in [0, 0.05) is 19.8 Å². The first-order chi connectivity index (χ1) is 14.6. The molecule has 10 heteroatoms. The van der Waals surface area contributed by atoms with Crippen LogP contribution < -0.4 is 14.8 Å². The number of carbonyl (C=O) groups excluding carboxylic acids is 2. The van der Waals surface area contributed by atoms with E-state index >= 15 is 0 Å². The predicted octanol–water partition coefficient (Wildman–Crippen LogP) is 1.99. The second-order valence-electron chi connectivity index (χ2n) is 6.84. The first kappa shape index (κ1) is 24.2. The van der Waals surface area contributed by atoms with Crippen molar-refractivity contribution in [1.82, 2.24) is 4.31 Å². The number of ether oxygens (including phenoxy) is 3. The van der Waals surface area contributed by atoms with Gasteiger partial charge in [0.1, 0.15) is 0 Å². The van der Waals surface area contributed by atoms with E-state index in [1.807, 2.05) is 0 Å². The number of amides is 1. The maximum absolute atomic E-state index is 12.3. The molecule has 2 aromatic carbocycles. The average Bonchev–Trinajstić information content (AvgIpc) is 2.73. The summed E-state index contributed by atoms with van der Waals surface area (Å²) in [5, 5.41) is 2.58. The molecule has 0 atom stereocenters. The largest absolute Gasteiger partial charge is 0.493 e. The van der Waals surface area contributed by atoms with Gasteiger partial charge in [0.25, 0.3) is 5.91 Å². The number of esters is 1. The summed E-state index contributed by atoms with van der Waals surface area (Å²) in [6, 6.07) is 9.45. The van der Waals surface area contributed by atoms with Gasteiger partial charge in [-0.1, -0.05) is 12.1 Å². The van der Waals surface area contributed by atoms with Crippen LogP contribution in [0.4, 0.5) is 5.69 Å². The zero-order valence-electron chi connectivity index (χ0n) is 18.1. The Hall–Kier alpha value is -3.11. The summed E-state index contributed by atoms with van der Waals surface area (Å²) in [7, 11) is 2.20. The summed E-state index contributed by atoms with van der Waals surface area (Å²) in [6.07, 6.45) is -0.0524. The molecule has 0 aliphatic carbocycles. The quantitative estimate of drug-likeness (QED) is 0.582. The first-order valence-corrected chi connectivity index (χ1v) is 10.7. The van der Waals surface area contributed by atoms with E-state index in [9.17, 15) is 18.0 Å². The van der Waals surface area contributed by atoms with Crippen molar-refractivity contribution in [2.75, 3.05) is 40.2 Å². The van der Waals surface area contributed by atoms with E-state index in [0.717, 1.165) is 4.31 Å². The molecule has 0 spiro atoms. The monoisotopic (exact) mass is 450 g/mol. The Kier molecular flexibility index (Phi) is 8.01. The molecule has 0 aliphatic rings. The van der Waals surface area contributed by atoms with Crippen molar-refractivity contribution in [3.63, 3.8) is 0 Å². The van der Waals surface area contributed by atoms with E-state index in [-0.39, 0.29) is 11.3 Å². The minimum absolute atomic E-state index is 0.0452. The molecule has 1 N–H and O–H groups in total. The molecule has 2 rings (SSSR count). The van der Waals surface area contributed by atoms with Crippen LogP contribution in [0, 0.1) is 6.92 Å². The minimum Gasteiger partial charge on any atom is -0.493 e. The molecule has 1 amide bonds. The van der Waals surface area contributed by atoms with Gasteiger partial charge in [-0.15, -0.1) is 0 Å². The summed E-state index contributed by atoms with van der Waals surface area (Å²) in [5.41, 5.74) is 1.63. The third kappa shape index (κ3) is 6.19. The Morgan fingerprint density at radius 3 is 2.29 bits per heavy atom. The number of sulfonamides is 1. The number of hydrogen-bond donors (Lipinski definition) is 1. The molecule has 9 nitrogen and oxygen atoms in total. The molecular weight excluding hydrogens is 424 g/mol. The summed E-state index contributed by atoms with van der Waals surface area (Å²) in [6.45, 7) is 1.22. The van der Waals surface area contributed by atoms with Gasteiger partial charge in [0.2, 0.25) is 10.0 Å². The first-order valence-electron chi connectivity index (χ1n) is 9.28. The fraction of sp³-hybridized carbons (Fsp3) is 0.333. The molecule has 0 aliphatic heterocycles. The number of nitrogens with one attached hydrogen (secondary N) is 1. The summed E-state index contributed by atoms with van der Waals surface area (Å²) < 4.78 is 41.0. The Balaban J connectivity index is 1.99. The second kappa shape index (κ2) is 10.3. The Morgan fingerprint density at radius 1 is 1.00 bits per heavy atom. The molecule has 168 valence electrons. The van der Waals surface area contributed by atoms with E-state index < -0.39 is 28.5 Å². The molecule has 0 fully saturated rings. The van der Waals surface area contributed by atoms with Gasteiger partial charge in [0.15, 0.2) is 18.1 Å². The maximum Gasteiger partial charge on any atom is 0.310 e. The highest BCUT2D eigenvalue weighted by molar-refractivity contribution is 7.89. The summed E-state index contributed by atoms with van der Waals surface area (Å²) >= 11 is 0. The van der Waals surface area contributed by atoms with Gasteiger partial charge in [-0.2, -0.15) is 0 Å². The third-order valence-corrected chi connectivity index (χ3v) is 6.23. The van der Waals surface area contributed by atoms with Crippen molar-refractivity contribution in [3.8, 4) is 11.5 Å². The van der Waals surface area contributed by atoms with Crippen molar-refractivity contribution >= 4 is 27.6 Å². The van der Waals surface area contributed by atoms with Crippen molar-refractivity contribution in [2.45, 2.75) is 18.2 Å². The fourth-order valence-electron chi connectivity index (χ4n) is 2.65. The number of aryl methyl sites for hydroxylation is 1. The third-order valence-electron chi connectivity index (χ3n) is 4.42. The SMILES string of the molecule is COc1ccc(CC(=O)OCC(=O)Nc2cc(S(=O)(=O)N(C)C)ccc2C)cc1OC. The van der Waals surface area contributed by atoms with Crippen LogP contribution in [0.25, 0.3) is 0 Å². The number of anilines is 1. The van der Waals surface area contributed by atoms with Gasteiger partial charge < -0.3 is 19.5 Å². The number of nitrogens with zero attached hydrogens (tertiary/aromatic N) is 1. The normalized spacial score (nSPS) is 11.2. The van der Waals surface area contributed by atoms with Gasteiger partial charge in [0.05, 0.1) is 25.5 Å². The van der Waals surface area contributed by atoms with Gasteiger partial charge in [-0.3, -0.25) is 9.59 Å². The van der Waals surface area contributed by atoms with Crippen LogP contribution in [-0.4, -0.2) is 59.5 Å². The van der Waals surface area contributed by atoms with Gasteiger partial charge in [-0.25, -0.2) is 12.7 Å². The van der Waals surface area contributed by atoms with Crippen molar-refractivity contribution < 1.29 is 32.2 Å². The number of hydrogen-bond acceptors (Lipinski definition) is 7. The van der Waals surface area contributed by atoms with Crippen LogP contribution in [0.1, 0.15) is 11.1 Å². The van der Waals surface area contributed by atoms with E-state index in [4.69, 9.17) is 14.2 Å². The van der Waals surface area contributed by atoms with E-state index in [0.29, 0.717) is 28.3 Å². The minimum atomic E-state index is -3.65. The Morgan fingerprint density at radius 2 is 1.68 bits per heavy atom. The Bertz CT molecular complexity index is 1070. The average molecular weight is 451 g/mol. The van der Waals surface area contributed by atoms with Crippen LogP contribution in [0.2, 0.25) is 0 Å². The highest BCUT2D eigenvalue weighted by Crippen LogP contribution is 2.27. The molecule has 0 heterocycles. The maximum atomic E-state index is 12.3. The zero-order chi connectivity index (χ0) is 23.2. The lowest BCUT2D eigenvalue weighted by Gasteiger charge is -2.14. The topological polar surface area (TPSA) is 111 Å². The van der Waals surface area contributed by atoms with Crippen molar-refractivity contribution in [2.24, 2.45) is 0 Å². The molecule has 0 radical (unpaired) electrons. The molecular formula is C21H26N2O7S. The molecule has 31 heavy (non-hydrogen) atoms. The van der Waals surface area contributed by atoms with Gasteiger partial charge in [-0.05, 0) is 42.3 Å². The van der Waals surface area contributed by atoms with E-state index in [1.54, 1.807) is 31.2 Å². The van der Waals surface area contributed by atoms with Crippen LogP contribution in [0.3, 0.4) is 0 Å². The smallest absolute Gasteiger partial charge is 0.310 e. The number of rotatable bonds is 9. The van der Waals surface area contributed by atoms with Crippen molar-refractivity contribution in [1.29, 1.82) is 0 Å². The number of benzene rings is 2. The van der Waals surface area contributed by atoms with Crippen LogP contribution in [-0.2, 0) is 30.8 Å². The second-order valence-corrected chi connectivity index (χ2v) is 8.99. The van der Waals surface area contributed by atoms with Crippen molar-refractivity contribution in [3.05, 3.63) is 47.5 Å². The fourth-order valence-corrected chi connectivity index (χ4v) is 3.58. The lowest BCUT2D eigenvalue weighted by atomic mass is 10.1. The van der Waals surface area contributed by atoms with Crippen LogP contribution in [0.15, 0.2) is 41.3 Å². The molecule has 0 saturated carbocycles. The predicted molar refractivity (Wildman–Crippen MR) is 115 cm³/mol. The van der Waals surface area contributed by atoms with E-state index in [2.05, 4.69) is 5.32 Å². The highest BCUT2D eigenvalue weighted by atomic mass is 32.2. The lowest BCUT2D eigenvalue weighted by Crippen LogP contribution is -2.24. The zero-order valence-corrected chi connectivity index (χ0v) is 18.9. The number of carbonyl (C=O) groups is 2. The van der Waals surface area contributed by atoms with Crippen LogP contribution >= 0.6 is 0 Å². The molecule has 0 saturated heterocycles. The molecule has 2 aromatic rings. The Labute approximate surface area is 182 Å². The number of methoxy groups -OCH3 is 2. The summed E-state index contributed by atoms with van der Waals surface area (Å²) in [5.74, 6) is -0.160. The molecule has 0 aromatic heterocycles. The highest BCUT2D eigenvalue weighted by Gasteiger charge is 2.19. The molecule has 0 bridgehead atoms. The van der Waals surface area contributed by atoms with E-state index in [1.165, 1.54) is 40.4 Å². The summed E-state index contributed by atoms with van der Waals surface area (Å²) in [4.78, 5) is 24.4.